The highest BCUT2D eigenvalue weighted by Crippen LogP contribution is 2.53. The van der Waals surface area contributed by atoms with Crippen molar-refractivity contribution in [1.29, 1.82) is 0 Å². The highest BCUT2D eigenvalue weighted by atomic mass is 16.5. The van der Waals surface area contributed by atoms with E-state index in [9.17, 15) is 9.59 Å². The molecule has 15 heavy (non-hydrogen) atoms. The quantitative estimate of drug-likeness (QED) is 0.518. The molecular weight excluding hydrogens is 192 g/mol. The Labute approximate surface area is 91.2 Å². The third-order valence-corrected chi connectivity index (χ3v) is 3.18. The van der Waals surface area contributed by atoms with E-state index in [1.165, 1.54) is 0 Å². The molecule has 0 aromatic heterocycles. The highest BCUT2D eigenvalue weighted by molar-refractivity contribution is 6.01. The Morgan fingerprint density at radius 1 is 1.40 bits per heavy atom. The maximum atomic E-state index is 12.0. The second-order valence-electron chi connectivity index (χ2n) is 4.86. The number of esters is 1. The van der Waals surface area contributed by atoms with Gasteiger partial charge in [0, 0.05) is 5.92 Å². The molecule has 3 nitrogen and oxygen atoms in total. The van der Waals surface area contributed by atoms with E-state index in [4.69, 9.17) is 4.74 Å². The third kappa shape index (κ3) is 2.58. The van der Waals surface area contributed by atoms with E-state index in [-0.39, 0.29) is 23.1 Å². The number of ether oxygens (including phenoxy) is 1. The molecule has 0 saturated heterocycles. The Morgan fingerprint density at radius 2 is 1.93 bits per heavy atom. The van der Waals surface area contributed by atoms with Crippen molar-refractivity contribution in [3.05, 3.63) is 0 Å². The van der Waals surface area contributed by atoms with Crippen LogP contribution in [0, 0.1) is 17.3 Å². The number of Topliss-reactive ketones (excluding diaryl/α,β-unsaturated/α-hetero) is 1. The largest absolute Gasteiger partial charge is 0.465 e. The molecule has 86 valence electrons. The van der Waals surface area contributed by atoms with Gasteiger partial charge in [0.1, 0.15) is 5.92 Å². The van der Waals surface area contributed by atoms with E-state index in [0.717, 1.165) is 6.42 Å². The van der Waals surface area contributed by atoms with Crippen LogP contribution in [0.1, 0.15) is 40.5 Å². The van der Waals surface area contributed by atoms with Crippen LogP contribution in [0.5, 0.6) is 0 Å². The summed E-state index contributed by atoms with van der Waals surface area (Å²) in [5, 5.41) is 0. The first-order valence-corrected chi connectivity index (χ1v) is 5.64. The van der Waals surface area contributed by atoms with Gasteiger partial charge in [-0.25, -0.2) is 0 Å². The summed E-state index contributed by atoms with van der Waals surface area (Å²) in [6.07, 6.45) is 1.45. The zero-order chi connectivity index (χ0) is 11.6. The lowest BCUT2D eigenvalue weighted by Crippen LogP contribution is -2.28. The number of rotatable bonds is 5. The van der Waals surface area contributed by atoms with Crippen molar-refractivity contribution < 1.29 is 14.3 Å². The van der Waals surface area contributed by atoms with Crippen LogP contribution in [-0.4, -0.2) is 18.4 Å². The zero-order valence-corrected chi connectivity index (χ0v) is 10.0. The molecule has 0 spiro atoms. The predicted octanol–water partition coefficient (Wildman–Crippen LogP) is 2.19. The van der Waals surface area contributed by atoms with Gasteiger partial charge in [-0.1, -0.05) is 20.8 Å². The van der Waals surface area contributed by atoms with Crippen molar-refractivity contribution in [2.24, 2.45) is 17.3 Å². The summed E-state index contributed by atoms with van der Waals surface area (Å²) in [7, 11) is 0. The van der Waals surface area contributed by atoms with Crippen molar-refractivity contribution in [1.82, 2.24) is 0 Å². The molecule has 0 aromatic rings. The number of hydrogen-bond acceptors (Lipinski definition) is 3. The molecule has 0 amide bonds. The maximum absolute atomic E-state index is 12.0. The molecular formula is C12H20O3. The minimum Gasteiger partial charge on any atom is -0.465 e. The van der Waals surface area contributed by atoms with Gasteiger partial charge in [-0.2, -0.15) is 0 Å². The van der Waals surface area contributed by atoms with Crippen molar-refractivity contribution >= 4 is 11.8 Å². The van der Waals surface area contributed by atoms with E-state index in [2.05, 4.69) is 13.8 Å². The second kappa shape index (κ2) is 4.33. The van der Waals surface area contributed by atoms with E-state index >= 15 is 0 Å². The number of carbonyl (C=O) groups is 2. The van der Waals surface area contributed by atoms with Crippen LogP contribution in [0.3, 0.4) is 0 Å². The molecule has 0 heterocycles. The first-order valence-electron chi connectivity index (χ1n) is 5.64. The van der Waals surface area contributed by atoms with Gasteiger partial charge < -0.3 is 4.74 Å². The van der Waals surface area contributed by atoms with E-state index < -0.39 is 5.92 Å². The SMILES string of the molecule is CCOC(=O)C(CC)C(=O)C1CC1(C)C. The molecule has 1 aliphatic rings. The van der Waals surface area contributed by atoms with Crippen LogP contribution in [0.25, 0.3) is 0 Å². The molecule has 0 N–H and O–H groups in total. The molecule has 3 heteroatoms. The number of carbonyl (C=O) groups excluding carboxylic acids is 2. The van der Waals surface area contributed by atoms with Gasteiger partial charge >= 0.3 is 5.97 Å². The fraction of sp³-hybridized carbons (Fsp3) is 0.833. The summed E-state index contributed by atoms with van der Waals surface area (Å²) in [5.74, 6) is -0.766. The summed E-state index contributed by atoms with van der Waals surface area (Å²) >= 11 is 0. The zero-order valence-electron chi connectivity index (χ0n) is 10.0. The standard InChI is InChI=1S/C12H20O3/c1-5-8(11(14)15-6-2)10(13)9-7-12(9,3)4/h8-9H,5-7H2,1-4H3. The fourth-order valence-electron chi connectivity index (χ4n) is 1.92. The Hall–Kier alpha value is -0.860. The van der Waals surface area contributed by atoms with Gasteiger partial charge in [-0.15, -0.1) is 0 Å². The van der Waals surface area contributed by atoms with Crippen molar-refractivity contribution in [2.75, 3.05) is 6.61 Å². The summed E-state index contributed by atoms with van der Waals surface area (Å²) in [5.41, 5.74) is 0.0942. The average Bonchev–Trinajstić information content (AvgIpc) is 2.76. The van der Waals surface area contributed by atoms with Crippen molar-refractivity contribution in [3.63, 3.8) is 0 Å². The normalized spacial score (nSPS) is 24.4. The summed E-state index contributed by atoms with van der Waals surface area (Å²) < 4.78 is 4.90. The molecule has 1 aliphatic carbocycles. The summed E-state index contributed by atoms with van der Waals surface area (Å²) in [6, 6.07) is 0. The van der Waals surface area contributed by atoms with E-state index in [1.54, 1.807) is 6.92 Å². The van der Waals surface area contributed by atoms with Gasteiger partial charge in [0.05, 0.1) is 6.61 Å². The monoisotopic (exact) mass is 212 g/mol. The van der Waals surface area contributed by atoms with Crippen LogP contribution in [0.15, 0.2) is 0 Å². The van der Waals surface area contributed by atoms with Crippen molar-refractivity contribution in [3.8, 4) is 0 Å². The molecule has 1 fully saturated rings. The smallest absolute Gasteiger partial charge is 0.316 e. The first kappa shape index (κ1) is 12.2. The highest BCUT2D eigenvalue weighted by Gasteiger charge is 2.52. The first-order chi connectivity index (χ1) is 6.94. The predicted molar refractivity (Wildman–Crippen MR) is 57.3 cm³/mol. The molecule has 0 aliphatic heterocycles. The van der Waals surface area contributed by atoms with Crippen LogP contribution in [0.2, 0.25) is 0 Å². The molecule has 1 rings (SSSR count). The molecule has 2 unspecified atom stereocenters. The molecule has 1 saturated carbocycles. The van der Waals surface area contributed by atoms with Crippen LogP contribution in [-0.2, 0) is 14.3 Å². The van der Waals surface area contributed by atoms with Gasteiger partial charge in [0.2, 0.25) is 0 Å². The minimum absolute atomic E-state index is 0.0619. The van der Waals surface area contributed by atoms with Crippen LogP contribution >= 0.6 is 0 Å². The Bertz CT molecular complexity index is 268. The molecule has 0 bridgehead atoms. The average molecular weight is 212 g/mol. The summed E-state index contributed by atoms with van der Waals surface area (Å²) in [4.78, 5) is 23.5. The maximum Gasteiger partial charge on any atom is 0.316 e. The fourth-order valence-corrected chi connectivity index (χ4v) is 1.92. The van der Waals surface area contributed by atoms with Crippen molar-refractivity contribution in [2.45, 2.75) is 40.5 Å². The van der Waals surface area contributed by atoms with E-state index in [1.807, 2.05) is 6.92 Å². The Balaban J connectivity index is 2.60. The van der Waals surface area contributed by atoms with Gasteiger partial charge in [-0.05, 0) is 25.2 Å². The summed E-state index contributed by atoms with van der Waals surface area (Å²) in [6.45, 7) is 8.09. The van der Waals surface area contributed by atoms with Crippen LogP contribution in [0.4, 0.5) is 0 Å². The van der Waals surface area contributed by atoms with Gasteiger partial charge in [0.25, 0.3) is 0 Å². The lowest BCUT2D eigenvalue weighted by Gasteiger charge is -2.13. The molecule has 2 atom stereocenters. The lowest BCUT2D eigenvalue weighted by molar-refractivity contribution is -0.152. The number of ketones is 1. The minimum atomic E-state index is -0.545. The second-order valence-corrected chi connectivity index (χ2v) is 4.86. The number of hydrogen-bond donors (Lipinski definition) is 0. The van der Waals surface area contributed by atoms with Gasteiger partial charge in [0.15, 0.2) is 5.78 Å². The van der Waals surface area contributed by atoms with Gasteiger partial charge in [-0.3, -0.25) is 9.59 Å². The topological polar surface area (TPSA) is 43.4 Å². The Morgan fingerprint density at radius 3 is 2.27 bits per heavy atom. The molecule has 0 radical (unpaired) electrons. The van der Waals surface area contributed by atoms with Crippen LogP contribution < -0.4 is 0 Å². The lowest BCUT2D eigenvalue weighted by atomic mass is 9.94. The third-order valence-electron chi connectivity index (χ3n) is 3.18. The van der Waals surface area contributed by atoms with E-state index in [0.29, 0.717) is 13.0 Å². The molecule has 0 aromatic carbocycles. The Kier molecular flexibility index (Phi) is 3.53.